The van der Waals surface area contributed by atoms with Gasteiger partial charge < -0.3 is 15.2 Å². The van der Waals surface area contributed by atoms with Crippen LogP contribution in [-0.2, 0) is 17.9 Å². The Morgan fingerprint density at radius 2 is 2.44 bits per heavy atom. The maximum absolute atomic E-state index is 11.5. The Kier molecular flexibility index (Phi) is 3.56. The summed E-state index contributed by atoms with van der Waals surface area (Å²) in [4.78, 5) is 15.7. The number of hydrogen-bond acceptors (Lipinski definition) is 3. The van der Waals surface area contributed by atoms with Gasteiger partial charge in [0.25, 0.3) is 0 Å². The van der Waals surface area contributed by atoms with E-state index in [4.69, 9.17) is 0 Å². The van der Waals surface area contributed by atoms with E-state index in [2.05, 4.69) is 22.5 Å². The van der Waals surface area contributed by atoms with Crippen molar-refractivity contribution in [3.05, 3.63) is 18.2 Å². The van der Waals surface area contributed by atoms with Crippen LogP contribution in [0.15, 0.2) is 12.5 Å². The van der Waals surface area contributed by atoms with Crippen molar-refractivity contribution in [2.75, 3.05) is 6.54 Å². The predicted octanol–water partition coefficient (Wildman–Crippen LogP) is 0.271. The summed E-state index contributed by atoms with van der Waals surface area (Å²) in [6.07, 6.45) is 5.87. The number of aromatic nitrogens is 2. The van der Waals surface area contributed by atoms with Gasteiger partial charge in [-0.05, 0) is 19.4 Å². The zero-order valence-electron chi connectivity index (χ0n) is 9.57. The quantitative estimate of drug-likeness (QED) is 0.726. The van der Waals surface area contributed by atoms with Gasteiger partial charge in [0.2, 0.25) is 5.91 Å². The van der Waals surface area contributed by atoms with E-state index in [1.165, 1.54) is 0 Å². The maximum Gasteiger partial charge on any atom is 0.240 e. The highest BCUT2D eigenvalue weighted by Gasteiger charge is 2.23. The zero-order valence-corrected chi connectivity index (χ0v) is 9.57. The average molecular weight is 222 g/mol. The molecule has 5 nitrogen and oxygen atoms in total. The first kappa shape index (κ1) is 11.1. The van der Waals surface area contributed by atoms with Crippen molar-refractivity contribution < 1.29 is 4.79 Å². The van der Waals surface area contributed by atoms with Crippen LogP contribution in [-0.4, -0.2) is 28.0 Å². The largest absolute Gasteiger partial charge is 0.352 e. The Balaban J connectivity index is 1.79. The van der Waals surface area contributed by atoms with E-state index in [1.54, 1.807) is 6.33 Å². The molecule has 1 fully saturated rings. The first-order chi connectivity index (χ1) is 7.78. The van der Waals surface area contributed by atoms with Crippen LogP contribution in [0.3, 0.4) is 0 Å². The lowest BCUT2D eigenvalue weighted by Gasteiger charge is -2.03. The van der Waals surface area contributed by atoms with E-state index in [0.717, 1.165) is 31.6 Å². The molecule has 0 aromatic carbocycles. The SMILES string of the molecule is CCNCc1cn(CC(=O)NC2CC2)cn1. The third-order valence-corrected chi connectivity index (χ3v) is 2.51. The second-order valence-electron chi connectivity index (χ2n) is 4.16. The van der Waals surface area contributed by atoms with Gasteiger partial charge in [-0.3, -0.25) is 4.79 Å². The van der Waals surface area contributed by atoms with Crippen molar-refractivity contribution in [2.45, 2.75) is 38.9 Å². The lowest BCUT2D eigenvalue weighted by molar-refractivity contribution is -0.121. The highest BCUT2D eigenvalue weighted by molar-refractivity contribution is 5.76. The molecular formula is C11H18N4O. The summed E-state index contributed by atoms with van der Waals surface area (Å²) in [5.41, 5.74) is 0.973. The number of imidazole rings is 1. The molecule has 1 amide bonds. The van der Waals surface area contributed by atoms with Gasteiger partial charge in [-0.2, -0.15) is 0 Å². The van der Waals surface area contributed by atoms with Gasteiger partial charge in [-0.15, -0.1) is 0 Å². The summed E-state index contributed by atoms with van der Waals surface area (Å²) in [6, 6.07) is 0.428. The minimum atomic E-state index is 0.0786. The van der Waals surface area contributed by atoms with E-state index >= 15 is 0 Å². The van der Waals surface area contributed by atoms with Crippen LogP contribution in [0.2, 0.25) is 0 Å². The molecule has 0 unspecified atom stereocenters. The summed E-state index contributed by atoms with van der Waals surface area (Å²) in [5, 5.41) is 6.15. The number of carbonyl (C=O) groups excluding carboxylic acids is 1. The molecule has 1 aliphatic carbocycles. The number of rotatable bonds is 6. The maximum atomic E-state index is 11.5. The topological polar surface area (TPSA) is 59.0 Å². The molecule has 1 aliphatic rings. The first-order valence-electron chi connectivity index (χ1n) is 5.78. The smallest absolute Gasteiger partial charge is 0.240 e. The van der Waals surface area contributed by atoms with Crippen molar-refractivity contribution in [3.8, 4) is 0 Å². The number of carbonyl (C=O) groups is 1. The molecule has 0 aliphatic heterocycles. The van der Waals surface area contributed by atoms with Crippen molar-refractivity contribution in [3.63, 3.8) is 0 Å². The van der Waals surface area contributed by atoms with Gasteiger partial charge in [-0.1, -0.05) is 6.92 Å². The van der Waals surface area contributed by atoms with Crippen molar-refractivity contribution in [1.29, 1.82) is 0 Å². The molecule has 0 bridgehead atoms. The Bertz CT molecular complexity index is 357. The van der Waals surface area contributed by atoms with Crippen molar-refractivity contribution in [1.82, 2.24) is 20.2 Å². The fourth-order valence-electron chi connectivity index (χ4n) is 1.50. The predicted molar refractivity (Wildman–Crippen MR) is 60.8 cm³/mol. The monoisotopic (exact) mass is 222 g/mol. The molecule has 1 aromatic rings. The fraction of sp³-hybridized carbons (Fsp3) is 0.636. The van der Waals surface area contributed by atoms with Gasteiger partial charge in [0.1, 0.15) is 6.54 Å². The molecule has 88 valence electrons. The molecular weight excluding hydrogens is 204 g/mol. The van der Waals surface area contributed by atoms with E-state index in [-0.39, 0.29) is 5.91 Å². The Morgan fingerprint density at radius 1 is 1.62 bits per heavy atom. The molecule has 0 radical (unpaired) electrons. The molecule has 2 rings (SSSR count). The second-order valence-corrected chi connectivity index (χ2v) is 4.16. The van der Waals surface area contributed by atoms with E-state index in [1.807, 2.05) is 10.8 Å². The number of nitrogens with one attached hydrogen (secondary N) is 2. The van der Waals surface area contributed by atoms with Crippen LogP contribution in [0.5, 0.6) is 0 Å². The van der Waals surface area contributed by atoms with E-state index in [9.17, 15) is 4.79 Å². The Labute approximate surface area is 95.2 Å². The normalized spacial score (nSPS) is 15.1. The highest BCUT2D eigenvalue weighted by Crippen LogP contribution is 2.18. The third-order valence-electron chi connectivity index (χ3n) is 2.51. The van der Waals surface area contributed by atoms with Crippen LogP contribution in [0.4, 0.5) is 0 Å². The summed E-state index contributed by atoms with van der Waals surface area (Å²) in [7, 11) is 0. The minimum Gasteiger partial charge on any atom is -0.352 e. The number of hydrogen-bond donors (Lipinski definition) is 2. The van der Waals surface area contributed by atoms with Crippen LogP contribution in [0.1, 0.15) is 25.5 Å². The zero-order chi connectivity index (χ0) is 11.4. The molecule has 1 aromatic heterocycles. The van der Waals surface area contributed by atoms with Crippen molar-refractivity contribution >= 4 is 5.91 Å². The van der Waals surface area contributed by atoms with Crippen LogP contribution in [0, 0.1) is 0 Å². The summed E-state index contributed by atoms with van der Waals surface area (Å²) in [6.45, 7) is 4.11. The van der Waals surface area contributed by atoms with E-state index < -0.39 is 0 Å². The molecule has 1 saturated carbocycles. The Hall–Kier alpha value is -1.36. The summed E-state index contributed by atoms with van der Waals surface area (Å²) >= 11 is 0. The third kappa shape index (κ3) is 3.34. The Morgan fingerprint density at radius 3 is 3.12 bits per heavy atom. The van der Waals surface area contributed by atoms with Crippen molar-refractivity contribution in [2.24, 2.45) is 0 Å². The average Bonchev–Trinajstić information content (AvgIpc) is 2.94. The van der Waals surface area contributed by atoms with E-state index in [0.29, 0.717) is 12.6 Å². The number of amides is 1. The first-order valence-corrected chi connectivity index (χ1v) is 5.78. The lowest BCUT2D eigenvalue weighted by Crippen LogP contribution is -2.28. The molecule has 5 heteroatoms. The van der Waals surface area contributed by atoms with Crippen LogP contribution < -0.4 is 10.6 Å². The fourth-order valence-corrected chi connectivity index (χ4v) is 1.50. The molecule has 16 heavy (non-hydrogen) atoms. The minimum absolute atomic E-state index is 0.0786. The second kappa shape index (κ2) is 5.12. The molecule has 2 N–H and O–H groups in total. The van der Waals surface area contributed by atoms with Gasteiger partial charge in [0.15, 0.2) is 0 Å². The van der Waals surface area contributed by atoms with Gasteiger partial charge in [-0.25, -0.2) is 4.98 Å². The standard InChI is InChI=1S/C11H18N4O/c1-2-12-5-10-6-15(8-13-10)7-11(16)14-9-3-4-9/h6,8-9,12H,2-5,7H2,1H3,(H,14,16). The molecule has 0 atom stereocenters. The molecule has 0 spiro atoms. The number of nitrogens with zero attached hydrogens (tertiary/aromatic N) is 2. The van der Waals surface area contributed by atoms with Crippen LogP contribution >= 0.6 is 0 Å². The van der Waals surface area contributed by atoms with Crippen LogP contribution in [0.25, 0.3) is 0 Å². The highest BCUT2D eigenvalue weighted by atomic mass is 16.2. The van der Waals surface area contributed by atoms with Gasteiger partial charge >= 0.3 is 0 Å². The summed E-state index contributed by atoms with van der Waals surface area (Å²) < 4.78 is 1.82. The summed E-state index contributed by atoms with van der Waals surface area (Å²) in [5.74, 6) is 0.0786. The van der Waals surface area contributed by atoms with Gasteiger partial charge in [0, 0.05) is 18.8 Å². The molecule has 0 saturated heterocycles. The lowest BCUT2D eigenvalue weighted by atomic mass is 10.4. The molecule has 1 heterocycles. The van der Waals surface area contributed by atoms with Gasteiger partial charge in [0.05, 0.1) is 12.0 Å².